The molecule has 0 unspecified atom stereocenters. The number of benzene rings is 1. The zero-order valence-electron chi connectivity index (χ0n) is 14.4. The van der Waals surface area contributed by atoms with E-state index < -0.39 is 0 Å². The number of tetrazole rings is 1. The fraction of sp³-hybridized carbons (Fsp3) is 0.529. The number of hydrogen-bond acceptors (Lipinski definition) is 5. The molecule has 0 spiro atoms. The predicted molar refractivity (Wildman–Crippen MR) is 99.0 cm³/mol. The lowest BCUT2D eigenvalue weighted by atomic mass is 9.78. The van der Waals surface area contributed by atoms with Crippen LogP contribution in [0.4, 0.5) is 0 Å². The maximum atomic E-state index is 12.3. The highest BCUT2D eigenvalue weighted by Crippen LogP contribution is 2.29. The summed E-state index contributed by atoms with van der Waals surface area (Å²) < 4.78 is 1.59. The zero-order valence-corrected chi connectivity index (χ0v) is 15.9. The summed E-state index contributed by atoms with van der Waals surface area (Å²) in [6.45, 7) is 4.48. The fourth-order valence-corrected chi connectivity index (χ4v) is 4.09. The van der Waals surface area contributed by atoms with Gasteiger partial charge in [0.25, 0.3) is 0 Å². The maximum absolute atomic E-state index is 12.3. The van der Waals surface area contributed by atoms with Crippen molar-refractivity contribution >= 4 is 29.3 Å². The first-order valence-corrected chi connectivity index (χ1v) is 9.87. The molecule has 1 N–H and O–H groups in total. The molecule has 6 nitrogen and oxygen atoms in total. The number of carbonyl (C=O) groups is 1. The molecule has 1 fully saturated rings. The summed E-state index contributed by atoms with van der Waals surface area (Å²) >= 11 is 7.35. The number of hydrogen-bond donors (Lipinski definition) is 1. The molecule has 0 saturated heterocycles. The Morgan fingerprint density at radius 3 is 3.04 bits per heavy atom. The lowest BCUT2D eigenvalue weighted by Gasteiger charge is -2.34. The van der Waals surface area contributed by atoms with Crippen molar-refractivity contribution in [3.63, 3.8) is 0 Å². The third kappa shape index (κ3) is 4.52. The van der Waals surface area contributed by atoms with Crippen LogP contribution in [0.15, 0.2) is 29.4 Å². The quantitative estimate of drug-likeness (QED) is 0.806. The van der Waals surface area contributed by atoms with Gasteiger partial charge in [0.1, 0.15) is 0 Å². The van der Waals surface area contributed by atoms with Crippen LogP contribution in [0.1, 0.15) is 33.1 Å². The number of nitrogens with one attached hydrogen (secondary N) is 1. The van der Waals surface area contributed by atoms with E-state index in [1.807, 2.05) is 12.1 Å². The number of aromatic nitrogens is 4. The van der Waals surface area contributed by atoms with E-state index in [-0.39, 0.29) is 11.9 Å². The van der Waals surface area contributed by atoms with Gasteiger partial charge in [-0.2, -0.15) is 4.68 Å². The molecule has 1 heterocycles. The smallest absolute Gasteiger partial charge is 0.230 e. The van der Waals surface area contributed by atoms with E-state index >= 15 is 0 Å². The molecule has 25 heavy (non-hydrogen) atoms. The van der Waals surface area contributed by atoms with Crippen LogP contribution in [0.25, 0.3) is 5.69 Å². The second-order valence-electron chi connectivity index (χ2n) is 6.58. The van der Waals surface area contributed by atoms with E-state index in [0.29, 0.717) is 27.8 Å². The minimum Gasteiger partial charge on any atom is -0.352 e. The van der Waals surface area contributed by atoms with Crippen LogP contribution in [0.2, 0.25) is 5.02 Å². The number of nitrogens with zero attached hydrogens (tertiary/aromatic N) is 4. The van der Waals surface area contributed by atoms with Gasteiger partial charge in [-0.25, -0.2) is 0 Å². The van der Waals surface area contributed by atoms with E-state index in [4.69, 9.17) is 11.6 Å². The fourth-order valence-electron chi connectivity index (χ4n) is 3.20. The predicted octanol–water partition coefficient (Wildman–Crippen LogP) is 3.35. The standard InChI is InChI=1S/C17H22ClN5OS/c1-11-5-3-8-15(12(11)2)19-16(24)10-25-17-20-21-22-23(17)14-7-4-6-13(18)9-14/h4,6-7,9,11-12,15H,3,5,8,10H2,1-2H3,(H,19,24)/t11-,12-,15+/m1/s1. The summed E-state index contributed by atoms with van der Waals surface area (Å²) in [5, 5.41) is 16.1. The number of amides is 1. The third-order valence-corrected chi connectivity index (χ3v) is 6.03. The maximum Gasteiger partial charge on any atom is 0.230 e. The number of carbonyl (C=O) groups excluding carboxylic acids is 1. The highest BCUT2D eigenvalue weighted by molar-refractivity contribution is 7.99. The van der Waals surface area contributed by atoms with E-state index in [9.17, 15) is 4.79 Å². The summed E-state index contributed by atoms with van der Waals surface area (Å²) in [5.41, 5.74) is 0.773. The average Bonchev–Trinajstić information content (AvgIpc) is 3.06. The van der Waals surface area contributed by atoms with Crippen molar-refractivity contribution in [3.05, 3.63) is 29.3 Å². The molecule has 8 heteroatoms. The van der Waals surface area contributed by atoms with Crippen molar-refractivity contribution < 1.29 is 4.79 Å². The molecule has 1 amide bonds. The minimum absolute atomic E-state index is 0.0246. The first-order chi connectivity index (χ1) is 12.0. The van der Waals surface area contributed by atoms with E-state index in [1.165, 1.54) is 24.6 Å². The van der Waals surface area contributed by atoms with Gasteiger partial charge in [-0.3, -0.25) is 4.79 Å². The van der Waals surface area contributed by atoms with Crippen molar-refractivity contribution in [1.29, 1.82) is 0 Å². The van der Waals surface area contributed by atoms with Crippen LogP contribution in [0.3, 0.4) is 0 Å². The van der Waals surface area contributed by atoms with Gasteiger partial charge in [0.2, 0.25) is 11.1 Å². The molecule has 1 aromatic heterocycles. The zero-order chi connectivity index (χ0) is 17.8. The van der Waals surface area contributed by atoms with Crippen molar-refractivity contribution in [2.24, 2.45) is 11.8 Å². The van der Waals surface area contributed by atoms with E-state index in [1.54, 1.807) is 16.8 Å². The molecule has 1 aliphatic rings. The summed E-state index contributed by atoms with van der Waals surface area (Å²) in [6, 6.07) is 7.56. The Bertz CT molecular complexity index is 737. The minimum atomic E-state index is 0.0246. The summed E-state index contributed by atoms with van der Waals surface area (Å²) in [7, 11) is 0. The van der Waals surface area contributed by atoms with Crippen molar-refractivity contribution in [1.82, 2.24) is 25.5 Å². The van der Waals surface area contributed by atoms with Gasteiger partial charge < -0.3 is 5.32 Å². The summed E-state index contributed by atoms with van der Waals surface area (Å²) in [4.78, 5) is 12.3. The Labute approximate surface area is 156 Å². The normalized spacial score (nSPS) is 23.4. The molecule has 3 rings (SSSR count). The molecule has 0 bridgehead atoms. The molecule has 1 aromatic carbocycles. The van der Waals surface area contributed by atoms with Crippen molar-refractivity contribution in [3.8, 4) is 5.69 Å². The van der Waals surface area contributed by atoms with Crippen LogP contribution in [0.5, 0.6) is 0 Å². The summed E-state index contributed by atoms with van der Waals surface area (Å²) in [5.74, 6) is 1.48. The molecule has 2 aromatic rings. The molecule has 0 radical (unpaired) electrons. The van der Waals surface area contributed by atoms with Crippen LogP contribution in [-0.4, -0.2) is 37.9 Å². The lowest BCUT2D eigenvalue weighted by Crippen LogP contribution is -2.44. The monoisotopic (exact) mass is 379 g/mol. The van der Waals surface area contributed by atoms with E-state index in [0.717, 1.165) is 12.1 Å². The van der Waals surface area contributed by atoms with Crippen LogP contribution >= 0.6 is 23.4 Å². The van der Waals surface area contributed by atoms with Crippen LogP contribution in [-0.2, 0) is 4.79 Å². The van der Waals surface area contributed by atoms with Gasteiger partial charge in [0.05, 0.1) is 11.4 Å². The second kappa shape index (κ2) is 8.19. The number of halogens is 1. The van der Waals surface area contributed by atoms with Crippen molar-refractivity contribution in [2.45, 2.75) is 44.3 Å². The second-order valence-corrected chi connectivity index (χ2v) is 7.96. The topological polar surface area (TPSA) is 72.7 Å². The summed E-state index contributed by atoms with van der Waals surface area (Å²) in [6.07, 6.45) is 3.48. The Morgan fingerprint density at radius 2 is 2.24 bits per heavy atom. The number of rotatable bonds is 5. The van der Waals surface area contributed by atoms with Gasteiger partial charge >= 0.3 is 0 Å². The Kier molecular flexibility index (Phi) is 5.96. The van der Waals surface area contributed by atoms with Gasteiger partial charge in [-0.05, 0) is 46.9 Å². The third-order valence-electron chi connectivity index (χ3n) is 4.88. The molecule has 1 saturated carbocycles. The largest absolute Gasteiger partial charge is 0.352 e. The first-order valence-electron chi connectivity index (χ1n) is 8.51. The van der Waals surface area contributed by atoms with Gasteiger partial charge in [0.15, 0.2) is 0 Å². The lowest BCUT2D eigenvalue weighted by molar-refractivity contribution is -0.120. The highest BCUT2D eigenvalue weighted by Gasteiger charge is 2.28. The SMILES string of the molecule is C[C@@H]1[C@H](C)CCC[C@@H]1NC(=O)CSc1nnnn1-c1cccc(Cl)c1. The van der Waals surface area contributed by atoms with Crippen LogP contribution in [0, 0.1) is 11.8 Å². The first kappa shape index (κ1) is 18.2. The Morgan fingerprint density at radius 1 is 1.40 bits per heavy atom. The average molecular weight is 380 g/mol. The van der Waals surface area contributed by atoms with Gasteiger partial charge in [0, 0.05) is 11.1 Å². The molecular formula is C17H22ClN5OS. The Hall–Kier alpha value is -1.60. The number of thioether (sulfide) groups is 1. The molecule has 1 aliphatic carbocycles. The highest BCUT2D eigenvalue weighted by atomic mass is 35.5. The van der Waals surface area contributed by atoms with Gasteiger partial charge in [-0.15, -0.1) is 5.10 Å². The van der Waals surface area contributed by atoms with E-state index in [2.05, 4.69) is 34.7 Å². The Balaban J connectivity index is 1.59. The van der Waals surface area contributed by atoms with Crippen molar-refractivity contribution in [2.75, 3.05) is 5.75 Å². The molecular weight excluding hydrogens is 358 g/mol. The molecule has 0 aliphatic heterocycles. The van der Waals surface area contributed by atoms with Crippen LogP contribution < -0.4 is 5.32 Å². The molecule has 134 valence electrons. The molecule has 3 atom stereocenters. The van der Waals surface area contributed by atoms with Gasteiger partial charge in [-0.1, -0.05) is 56.1 Å².